The van der Waals surface area contributed by atoms with E-state index in [4.69, 9.17) is 9.47 Å². The van der Waals surface area contributed by atoms with Gasteiger partial charge in [-0.05, 0) is 17.7 Å². The molecule has 148 valence electrons. The van der Waals surface area contributed by atoms with Gasteiger partial charge in [0.15, 0.2) is 0 Å². The minimum Gasteiger partial charge on any atom is -0.497 e. The summed E-state index contributed by atoms with van der Waals surface area (Å²) in [6.07, 6.45) is 1.46. The summed E-state index contributed by atoms with van der Waals surface area (Å²) in [7, 11) is 3.12. The van der Waals surface area contributed by atoms with E-state index in [1.165, 1.54) is 6.33 Å². The fourth-order valence-corrected chi connectivity index (χ4v) is 3.49. The van der Waals surface area contributed by atoms with Crippen LogP contribution in [0.4, 0.5) is 11.6 Å². The zero-order valence-corrected chi connectivity index (χ0v) is 16.1. The number of fused-ring (bicyclic) bond motifs is 1. The molecule has 3 aromatic rings. The summed E-state index contributed by atoms with van der Waals surface area (Å²) in [5, 5.41) is 10.4. The average Bonchev–Trinajstić information content (AvgIpc) is 3.21. The fraction of sp³-hybridized carbons (Fsp3) is 0.190. The number of carbonyl (C=O) groups is 1. The van der Waals surface area contributed by atoms with Gasteiger partial charge in [0.25, 0.3) is 0 Å². The number of methoxy groups -OCH3 is 2. The summed E-state index contributed by atoms with van der Waals surface area (Å²) >= 11 is 0. The van der Waals surface area contributed by atoms with Gasteiger partial charge in [-0.2, -0.15) is 10.1 Å². The molecule has 0 radical (unpaired) electrons. The highest BCUT2D eigenvalue weighted by molar-refractivity contribution is 5.97. The average molecular weight is 391 g/mol. The molecule has 8 heteroatoms. The third kappa shape index (κ3) is 3.40. The molecule has 29 heavy (non-hydrogen) atoms. The van der Waals surface area contributed by atoms with Crippen molar-refractivity contribution in [2.45, 2.75) is 6.04 Å². The van der Waals surface area contributed by atoms with Gasteiger partial charge in [-0.15, -0.1) is 0 Å². The van der Waals surface area contributed by atoms with Gasteiger partial charge in [-0.1, -0.05) is 36.9 Å². The van der Waals surface area contributed by atoms with Crippen molar-refractivity contribution in [1.29, 1.82) is 0 Å². The molecule has 0 saturated heterocycles. The van der Waals surface area contributed by atoms with Crippen LogP contribution in [0.3, 0.4) is 0 Å². The van der Waals surface area contributed by atoms with Gasteiger partial charge < -0.3 is 20.1 Å². The van der Waals surface area contributed by atoms with Crippen molar-refractivity contribution in [2.75, 3.05) is 24.9 Å². The number of aromatic nitrogens is 3. The summed E-state index contributed by atoms with van der Waals surface area (Å²) in [5.74, 6) is 0.845. The standard InChI is InChI=1S/C21H21N5O3/c1-13-18(20(27)25-16-10-9-15(28-2)11-17(16)29-3)19(14-7-5-4-6-8-14)26-21(24-13)22-12-23-26/h4-12,18-19H,1H2,2-3H3,(H,25,27)(H,22,23,24)/t18-,19+/m1/s1. The van der Waals surface area contributed by atoms with Crippen LogP contribution in [0.25, 0.3) is 0 Å². The van der Waals surface area contributed by atoms with Crippen LogP contribution in [0.1, 0.15) is 11.6 Å². The number of nitrogens with one attached hydrogen (secondary N) is 2. The van der Waals surface area contributed by atoms with E-state index in [1.54, 1.807) is 37.1 Å². The molecule has 4 rings (SSSR count). The second-order valence-electron chi connectivity index (χ2n) is 6.57. The lowest BCUT2D eigenvalue weighted by molar-refractivity contribution is -0.119. The zero-order valence-electron chi connectivity index (χ0n) is 16.1. The number of benzene rings is 2. The molecular weight excluding hydrogens is 370 g/mol. The van der Waals surface area contributed by atoms with Gasteiger partial charge in [-0.25, -0.2) is 4.68 Å². The van der Waals surface area contributed by atoms with E-state index in [2.05, 4.69) is 27.3 Å². The Kier molecular flexibility index (Phi) is 4.90. The number of carbonyl (C=O) groups excluding carboxylic acids is 1. The van der Waals surface area contributed by atoms with Crippen LogP contribution in [0.15, 0.2) is 67.1 Å². The van der Waals surface area contributed by atoms with Crippen molar-refractivity contribution >= 4 is 17.5 Å². The number of nitrogens with zero attached hydrogens (tertiary/aromatic N) is 3. The van der Waals surface area contributed by atoms with E-state index < -0.39 is 5.92 Å². The minimum absolute atomic E-state index is 0.235. The van der Waals surface area contributed by atoms with Gasteiger partial charge in [0.2, 0.25) is 11.9 Å². The monoisotopic (exact) mass is 391 g/mol. The minimum atomic E-state index is -0.613. The molecule has 2 heterocycles. The highest BCUT2D eigenvalue weighted by Crippen LogP contribution is 2.38. The lowest BCUT2D eigenvalue weighted by Crippen LogP contribution is -2.39. The lowest BCUT2D eigenvalue weighted by atomic mass is 9.88. The number of hydrogen-bond donors (Lipinski definition) is 2. The summed E-state index contributed by atoms with van der Waals surface area (Å²) in [6.45, 7) is 4.08. The predicted octanol–water partition coefficient (Wildman–Crippen LogP) is 3.08. The maximum atomic E-state index is 13.4. The molecule has 2 N–H and O–H groups in total. The molecule has 2 aromatic carbocycles. The smallest absolute Gasteiger partial charge is 0.236 e. The summed E-state index contributed by atoms with van der Waals surface area (Å²) in [4.78, 5) is 17.6. The Hall–Kier alpha value is -3.81. The van der Waals surface area contributed by atoms with Crippen LogP contribution >= 0.6 is 0 Å². The van der Waals surface area contributed by atoms with Gasteiger partial charge in [0.1, 0.15) is 23.7 Å². The van der Waals surface area contributed by atoms with Gasteiger partial charge in [0, 0.05) is 11.8 Å². The van der Waals surface area contributed by atoms with Crippen LogP contribution in [0.2, 0.25) is 0 Å². The van der Waals surface area contributed by atoms with E-state index in [0.717, 1.165) is 5.56 Å². The first-order valence-corrected chi connectivity index (χ1v) is 9.05. The Morgan fingerprint density at radius 2 is 1.97 bits per heavy atom. The molecule has 1 aliphatic rings. The molecule has 1 amide bonds. The SMILES string of the molecule is C=C1Nc2ncnn2[C@@H](c2ccccc2)[C@@H]1C(=O)Nc1ccc(OC)cc1OC. The first kappa shape index (κ1) is 18.5. The van der Waals surface area contributed by atoms with E-state index in [1.807, 2.05) is 30.3 Å². The highest BCUT2D eigenvalue weighted by atomic mass is 16.5. The Morgan fingerprint density at radius 1 is 1.17 bits per heavy atom. The first-order chi connectivity index (χ1) is 14.1. The summed E-state index contributed by atoms with van der Waals surface area (Å²) < 4.78 is 12.3. The Morgan fingerprint density at radius 3 is 2.69 bits per heavy atom. The second-order valence-corrected chi connectivity index (χ2v) is 6.57. The Balaban J connectivity index is 1.70. The third-order valence-electron chi connectivity index (χ3n) is 4.89. The molecule has 0 unspecified atom stereocenters. The summed E-state index contributed by atoms with van der Waals surface area (Å²) in [6, 6.07) is 14.5. The normalized spacial score (nSPS) is 17.8. The molecule has 2 atom stereocenters. The van der Waals surface area contributed by atoms with Crippen LogP contribution in [0, 0.1) is 5.92 Å². The van der Waals surface area contributed by atoms with Gasteiger partial charge in [-0.3, -0.25) is 4.79 Å². The first-order valence-electron chi connectivity index (χ1n) is 9.05. The van der Waals surface area contributed by atoms with Crippen LogP contribution in [-0.2, 0) is 4.79 Å². The van der Waals surface area contributed by atoms with Crippen LogP contribution in [0.5, 0.6) is 11.5 Å². The van der Waals surface area contributed by atoms with E-state index in [-0.39, 0.29) is 11.9 Å². The lowest BCUT2D eigenvalue weighted by Gasteiger charge is -2.33. The van der Waals surface area contributed by atoms with Gasteiger partial charge in [0.05, 0.1) is 25.9 Å². The fourth-order valence-electron chi connectivity index (χ4n) is 3.49. The molecule has 8 nitrogen and oxygen atoms in total. The number of anilines is 2. The molecule has 0 spiro atoms. The number of hydrogen-bond acceptors (Lipinski definition) is 6. The van der Waals surface area contributed by atoms with E-state index in [9.17, 15) is 4.79 Å². The van der Waals surface area contributed by atoms with Crippen LogP contribution in [-0.4, -0.2) is 34.9 Å². The maximum absolute atomic E-state index is 13.4. The van der Waals surface area contributed by atoms with Crippen molar-refractivity contribution in [3.8, 4) is 11.5 Å². The summed E-state index contributed by atoms with van der Waals surface area (Å²) in [5.41, 5.74) is 2.02. The molecule has 0 aliphatic carbocycles. The van der Waals surface area contributed by atoms with Crippen molar-refractivity contribution in [3.63, 3.8) is 0 Å². The van der Waals surface area contributed by atoms with E-state index >= 15 is 0 Å². The van der Waals surface area contributed by atoms with Crippen molar-refractivity contribution in [2.24, 2.45) is 5.92 Å². The Labute approximate surface area is 168 Å². The number of rotatable bonds is 5. The Bertz CT molecular complexity index is 1050. The molecular formula is C21H21N5O3. The van der Waals surface area contributed by atoms with Crippen molar-refractivity contribution < 1.29 is 14.3 Å². The largest absolute Gasteiger partial charge is 0.497 e. The quantitative estimate of drug-likeness (QED) is 0.695. The number of ether oxygens (including phenoxy) is 2. The molecule has 0 saturated carbocycles. The number of amides is 1. The highest BCUT2D eigenvalue weighted by Gasteiger charge is 2.39. The molecule has 1 aromatic heterocycles. The topological polar surface area (TPSA) is 90.3 Å². The molecule has 0 fully saturated rings. The maximum Gasteiger partial charge on any atom is 0.236 e. The zero-order chi connectivity index (χ0) is 20.4. The molecule has 0 bridgehead atoms. The van der Waals surface area contributed by atoms with Crippen molar-refractivity contribution in [3.05, 3.63) is 72.7 Å². The van der Waals surface area contributed by atoms with Crippen molar-refractivity contribution in [1.82, 2.24) is 14.8 Å². The van der Waals surface area contributed by atoms with Gasteiger partial charge >= 0.3 is 0 Å². The third-order valence-corrected chi connectivity index (χ3v) is 4.89. The van der Waals surface area contributed by atoms with E-state index in [0.29, 0.717) is 28.8 Å². The van der Waals surface area contributed by atoms with Crippen LogP contribution < -0.4 is 20.1 Å². The molecule has 1 aliphatic heterocycles. The second kappa shape index (κ2) is 7.67. The predicted molar refractivity (Wildman–Crippen MR) is 109 cm³/mol.